The van der Waals surface area contributed by atoms with E-state index in [9.17, 15) is 0 Å². The van der Waals surface area contributed by atoms with Gasteiger partial charge in [-0.15, -0.1) is 0 Å². The Labute approximate surface area is 120 Å². The second kappa shape index (κ2) is 6.54. The Morgan fingerprint density at radius 2 is 1.95 bits per heavy atom. The molecule has 19 heavy (non-hydrogen) atoms. The molecule has 0 aliphatic heterocycles. The molecule has 0 saturated heterocycles. The highest BCUT2D eigenvalue weighted by molar-refractivity contribution is 6.42. The van der Waals surface area contributed by atoms with Gasteiger partial charge in [-0.3, -0.25) is 0 Å². The van der Waals surface area contributed by atoms with E-state index in [-0.39, 0.29) is 19.8 Å². The van der Waals surface area contributed by atoms with Crippen molar-refractivity contribution < 1.29 is 14.9 Å². The monoisotopic (exact) mass is 304 g/mol. The zero-order valence-corrected chi connectivity index (χ0v) is 11.6. The van der Waals surface area contributed by atoms with Gasteiger partial charge in [0.05, 0.1) is 40.6 Å². The van der Waals surface area contributed by atoms with Gasteiger partial charge in [0.15, 0.2) is 0 Å². The molecule has 7 heteroatoms. The molecule has 0 unspecified atom stereocenters. The number of hydrogen-bond acceptors (Lipinski definition) is 4. The molecule has 1 aromatic carbocycles. The third-order valence-corrected chi connectivity index (χ3v) is 3.43. The van der Waals surface area contributed by atoms with Crippen LogP contribution in [0.2, 0.25) is 10.0 Å². The summed E-state index contributed by atoms with van der Waals surface area (Å²) in [4.78, 5) is 4.23. The lowest BCUT2D eigenvalue weighted by atomic mass is 10.3. The van der Waals surface area contributed by atoms with Crippen molar-refractivity contribution in [3.8, 4) is 0 Å². The number of aliphatic hydroxyl groups is 2. The minimum absolute atomic E-state index is 0.0307. The maximum absolute atomic E-state index is 9.08. The number of ether oxygens (including phenoxy) is 1. The van der Waals surface area contributed by atoms with Crippen LogP contribution in [-0.2, 0) is 4.74 Å². The third-order valence-electron chi connectivity index (χ3n) is 2.70. The van der Waals surface area contributed by atoms with Crippen molar-refractivity contribution in [1.82, 2.24) is 9.55 Å². The van der Waals surface area contributed by atoms with E-state index in [0.717, 1.165) is 5.52 Å². The molecule has 1 aromatic heterocycles. The Hall–Kier alpha value is -0.850. The quantitative estimate of drug-likeness (QED) is 0.859. The second-order valence-corrected chi connectivity index (χ2v) is 4.78. The summed E-state index contributed by atoms with van der Waals surface area (Å²) in [5.74, 6) is 0. The van der Waals surface area contributed by atoms with Gasteiger partial charge in [0, 0.05) is 13.0 Å². The van der Waals surface area contributed by atoms with E-state index in [4.69, 9.17) is 38.2 Å². The smallest absolute Gasteiger partial charge is 0.137 e. The molecule has 2 rings (SSSR count). The Kier molecular flexibility index (Phi) is 5.01. The summed E-state index contributed by atoms with van der Waals surface area (Å²) in [6.07, 6.45) is 1.60. The third kappa shape index (κ3) is 3.19. The van der Waals surface area contributed by atoms with Gasteiger partial charge in [-0.05, 0) is 12.1 Å². The second-order valence-electron chi connectivity index (χ2n) is 3.97. The van der Waals surface area contributed by atoms with Crippen LogP contribution < -0.4 is 0 Å². The van der Waals surface area contributed by atoms with Gasteiger partial charge in [0.2, 0.25) is 0 Å². The van der Waals surface area contributed by atoms with Crippen molar-refractivity contribution in [3.63, 3.8) is 0 Å². The molecule has 5 nitrogen and oxygen atoms in total. The predicted molar refractivity (Wildman–Crippen MR) is 73.5 cm³/mol. The SMILES string of the molecule is OCCO[C@H](CCO)n1cnc2cc(Cl)c(Cl)cc21. The molecule has 1 heterocycles. The molecule has 1 atom stereocenters. The van der Waals surface area contributed by atoms with Gasteiger partial charge in [-0.2, -0.15) is 0 Å². The van der Waals surface area contributed by atoms with E-state index in [1.165, 1.54) is 0 Å². The van der Waals surface area contributed by atoms with Crippen molar-refractivity contribution >= 4 is 34.2 Å². The summed E-state index contributed by atoms with van der Waals surface area (Å²) in [5.41, 5.74) is 1.47. The molecular formula is C12H14Cl2N2O3. The number of hydrogen-bond donors (Lipinski definition) is 2. The fourth-order valence-electron chi connectivity index (χ4n) is 1.85. The van der Waals surface area contributed by atoms with Gasteiger partial charge >= 0.3 is 0 Å². The zero-order chi connectivity index (χ0) is 13.8. The lowest BCUT2D eigenvalue weighted by Crippen LogP contribution is -2.15. The lowest BCUT2D eigenvalue weighted by Gasteiger charge is -2.18. The number of halogens is 2. The molecule has 0 saturated carbocycles. The van der Waals surface area contributed by atoms with E-state index < -0.39 is 6.23 Å². The van der Waals surface area contributed by atoms with Crippen molar-refractivity contribution in [2.75, 3.05) is 19.8 Å². The van der Waals surface area contributed by atoms with Crippen molar-refractivity contribution in [2.45, 2.75) is 12.6 Å². The van der Waals surface area contributed by atoms with Crippen LogP contribution in [0.3, 0.4) is 0 Å². The van der Waals surface area contributed by atoms with Crippen molar-refractivity contribution in [1.29, 1.82) is 0 Å². The summed E-state index contributed by atoms with van der Waals surface area (Å²) in [6.45, 7) is 0.0733. The molecule has 0 aliphatic carbocycles. The minimum atomic E-state index is -0.403. The fourth-order valence-corrected chi connectivity index (χ4v) is 2.17. The molecule has 0 amide bonds. The summed E-state index contributed by atoms with van der Waals surface area (Å²) in [7, 11) is 0. The molecule has 2 N–H and O–H groups in total. The largest absolute Gasteiger partial charge is 0.396 e. The van der Waals surface area contributed by atoms with Gasteiger partial charge in [0.25, 0.3) is 0 Å². The Morgan fingerprint density at radius 1 is 1.21 bits per heavy atom. The van der Waals surface area contributed by atoms with Crippen LogP contribution >= 0.6 is 23.2 Å². The Balaban J connectivity index is 2.38. The standard InChI is InChI=1S/C12H14Cl2N2O3/c13-8-5-10-11(6-9(8)14)16(7-15-10)12(1-2-17)19-4-3-18/h5-7,12,17-18H,1-4H2/t12-/m1/s1. The molecule has 0 fully saturated rings. The van der Waals surface area contributed by atoms with Gasteiger partial charge in [0.1, 0.15) is 6.23 Å². The number of imidazole rings is 1. The van der Waals surface area contributed by atoms with Crippen LogP contribution in [0.5, 0.6) is 0 Å². The maximum atomic E-state index is 9.08. The highest BCUT2D eigenvalue weighted by Gasteiger charge is 2.15. The topological polar surface area (TPSA) is 67.5 Å². The van der Waals surface area contributed by atoms with Crippen LogP contribution in [0.4, 0.5) is 0 Å². The number of benzene rings is 1. The molecule has 0 aliphatic rings. The Bertz CT molecular complexity index is 559. The Morgan fingerprint density at radius 3 is 2.63 bits per heavy atom. The molecule has 0 bridgehead atoms. The van der Waals surface area contributed by atoms with E-state index in [2.05, 4.69) is 4.98 Å². The van der Waals surface area contributed by atoms with Gasteiger partial charge < -0.3 is 19.5 Å². The number of rotatable bonds is 6. The summed E-state index contributed by atoms with van der Waals surface area (Å²) < 4.78 is 7.26. The number of nitrogens with zero attached hydrogens (tertiary/aromatic N) is 2. The maximum Gasteiger partial charge on any atom is 0.137 e. The molecule has 2 aromatic rings. The number of aliphatic hydroxyl groups excluding tert-OH is 2. The first-order valence-corrected chi connectivity index (χ1v) is 6.58. The lowest BCUT2D eigenvalue weighted by molar-refractivity contribution is -0.0258. The normalized spacial score (nSPS) is 13.1. The van der Waals surface area contributed by atoms with E-state index in [0.29, 0.717) is 22.0 Å². The number of aromatic nitrogens is 2. The van der Waals surface area contributed by atoms with Crippen LogP contribution in [0.15, 0.2) is 18.5 Å². The van der Waals surface area contributed by atoms with Crippen LogP contribution in [0, 0.1) is 0 Å². The average Bonchev–Trinajstić information content (AvgIpc) is 2.78. The van der Waals surface area contributed by atoms with Gasteiger partial charge in [-0.25, -0.2) is 4.98 Å². The van der Waals surface area contributed by atoms with Gasteiger partial charge in [-0.1, -0.05) is 23.2 Å². The van der Waals surface area contributed by atoms with Crippen LogP contribution in [0.25, 0.3) is 11.0 Å². The molecular weight excluding hydrogens is 291 g/mol. The molecule has 0 spiro atoms. The van der Waals surface area contributed by atoms with Crippen LogP contribution in [0.1, 0.15) is 12.6 Å². The number of fused-ring (bicyclic) bond motifs is 1. The highest BCUT2D eigenvalue weighted by Crippen LogP contribution is 2.29. The molecule has 104 valence electrons. The minimum Gasteiger partial charge on any atom is -0.396 e. The first kappa shape index (κ1) is 14.6. The zero-order valence-electron chi connectivity index (χ0n) is 10.1. The van der Waals surface area contributed by atoms with Crippen LogP contribution in [-0.4, -0.2) is 39.6 Å². The summed E-state index contributed by atoms with van der Waals surface area (Å²) >= 11 is 11.9. The summed E-state index contributed by atoms with van der Waals surface area (Å²) in [5, 5.41) is 18.8. The van der Waals surface area contributed by atoms with Crippen molar-refractivity contribution in [3.05, 3.63) is 28.5 Å². The summed E-state index contributed by atoms with van der Waals surface area (Å²) in [6, 6.07) is 3.39. The first-order valence-electron chi connectivity index (χ1n) is 5.82. The highest BCUT2D eigenvalue weighted by atomic mass is 35.5. The van der Waals surface area contributed by atoms with E-state index >= 15 is 0 Å². The van der Waals surface area contributed by atoms with E-state index in [1.807, 2.05) is 0 Å². The van der Waals surface area contributed by atoms with E-state index in [1.54, 1.807) is 23.0 Å². The first-order chi connectivity index (χ1) is 9.17. The predicted octanol–water partition coefficient (Wildman–Crippen LogP) is 2.23. The molecule has 0 radical (unpaired) electrons. The fraction of sp³-hybridized carbons (Fsp3) is 0.417. The van der Waals surface area contributed by atoms with Crippen molar-refractivity contribution in [2.24, 2.45) is 0 Å². The average molecular weight is 305 g/mol.